The molecule has 0 bridgehead atoms. The second-order valence-electron chi connectivity index (χ2n) is 6.84. The molecule has 0 aliphatic carbocycles. The lowest BCUT2D eigenvalue weighted by atomic mass is 10.0. The number of aromatic nitrogens is 2. The lowest BCUT2D eigenvalue weighted by molar-refractivity contribution is 0.306. The van der Waals surface area contributed by atoms with Crippen LogP contribution in [0, 0.1) is 11.7 Å². The second kappa shape index (κ2) is 8.29. The Morgan fingerprint density at radius 2 is 1.55 bits per heavy atom. The van der Waals surface area contributed by atoms with Gasteiger partial charge in [0, 0.05) is 11.1 Å². The van der Waals surface area contributed by atoms with Crippen molar-refractivity contribution < 1.29 is 4.74 Å². The minimum absolute atomic E-state index is 0.397. The molecular weight excluding hydrogens is 378 g/mol. The smallest absolute Gasteiger partial charge is 0.197 e. The van der Waals surface area contributed by atoms with Crippen LogP contribution in [0.4, 0.5) is 5.69 Å². The Bertz CT molecular complexity index is 1170. The maximum Gasteiger partial charge on any atom is 0.197 e. The first kappa shape index (κ1) is 18.9. The molecule has 0 aliphatic rings. The molecule has 0 aliphatic heterocycles. The average molecular weight is 400 g/mol. The number of ether oxygens (including phenoxy) is 1. The number of rotatable bonds is 5. The van der Waals surface area contributed by atoms with Gasteiger partial charge in [-0.15, -0.1) is 0 Å². The summed E-state index contributed by atoms with van der Waals surface area (Å²) in [6.07, 6.45) is 0. The molecule has 4 nitrogen and oxygen atoms in total. The number of benzene rings is 3. The quantitative estimate of drug-likeness (QED) is 0.408. The lowest BCUT2D eigenvalue weighted by Crippen LogP contribution is -2.01. The van der Waals surface area contributed by atoms with Crippen LogP contribution >= 0.6 is 12.2 Å². The fourth-order valence-electron chi connectivity index (χ4n) is 3.10. The van der Waals surface area contributed by atoms with Crippen molar-refractivity contribution in [3.8, 4) is 28.3 Å². The number of anilines is 1. The van der Waals surface area contributed by atoms with Crippen LogP contribution in [-0.2, 0) is 6.61 Å². The van der Waals surface area contributed by atoms with E-state index in [0.29, 0.717) is 22.8 Å². The maximum atomic E-state index is 6.46. The van der Waals surface area contributed by atoms with Gasteiger partial charge < -0.3 is 15.5 Å². The highest BCUT2D eigenvalue weighted by Crippen LogP contribution is 2.32. The van der Waals surface area contributed by atoms with Gasteiger partial charge in [-0.1, -0.05) is 60.2 Å². The van der Waals surface area contributed by atoms with E-state index in [2.05, 4.69) is 16.9 Å². The molecule has 144 valence electrons. The van der Waals surface area contributed by atoms with Crippen LogP contribution in [0.3, 0.4) is 0 Å². The largest absolute Gasteiger partial charge is 0.489 e. The number of nitrogen functional groups attached to an aromatic ring is 1. The number of nitrogens with two attached hydrogens (primary N) is 1. The van der Waals surface area contributed by atoms with Gasteiger partial charge in [0.2, 0.25) is 0 Å². The monoisotopic (exact) mass is 399 g/mol. The van der Waals surface area contributed by atoms with Crippen molar-refractivity contribution in [3.63, 3.8) is 0 Å². The van der Waals surface area contributed by atoms with Crippen LogP contribution in [0.5, 0.6) is 5.75 Å². The van der Waals surface area contributed by atoms with Crippen molar-refractivity contribution in [1.29, 1.82) is 0 Å². The van der Waals surface area contributed by atoms with Gasteiger partial charge in [0.25, 0.3) is 0 Å². The molecule has 5 heteroatoms. The topological polar surface area (TPSA) is 63.9 Å². The Morgan fingerprint density at radius 1 is 0.897 bits per heavy atom. The molecule has 29 heavy (non-hydrogen) atoms. The molecule has 1 heterocycles. The average Bonchev–Trinajstić information content (AvgIpc) is 2.75. The summed E-state index contributed by atoms with van der Waals surface area (Å²) in [5.74, 6) is 0.788. The molecule has 0 saturated heterocycles. The fourth-order valence-corrected chi connectivity index (χ4v) is 3.29. The Balaban J connectivity index is 1.61. The zero-order chi connectivity index (χ0) is 20.2. The highest BCUT2D eigenvalue weighted by molar-refractivity contribution is 7.71. The predicted octanol–water partition coefficient (Wildman–Crippen LogP) is 5.94. The van der Waals surface area contributed by atoms with Gasteiger partial charge in [0.05, 0.1) is 17.1 Å². The van der Waals surface area contributed by atoms with Gasteiger partial charge in [-0.2, -0.15) is 0 Å². The molecule has 4 rings (SSSR count). The third kappa shape index (κ3) is 4.36. The first-order valence-corrected chi connectivity index (χ1v) is 9.75. The van der Waals surface area contributed by atoms with Gasteiger partial charge in [-0.25, -0.2) is 4.98 Å². The summed E-state index contributed by atoms with van der Waals surface area (Å²) < 4.78 is 6.26. The van der Waals surface area contributed by atoms with Crippen LogP contribution in [0.15, 0.2) is 78.9 Å². The first-order valence-electron chi connectivity index (χ1n) is 9.34. The molecule has 0 spiro atoms. The molecule has 0 atom stereocenters. The van der Waals surface area contributed by atoms with Crippen LogP contribution in [0.2, 0.25) is 0 Å². The zero-order valence-electron chi connectivity index (χ0n) is 16.1. The Labute approximate surface area is 175 Å². The van der Waals surface area contributed by atoms with Gasteiger partial charge in [0.15, 0.2) is 4.77 Å². The molecule has 0 unspecified atom stereocenters. The number of nitrogens with zero attached hydrogens (tertiary/aromatic N) is 1. The number of hydrogen-bond acceptors (Lipinski definition) is 4. The minimum Gasteiger partial charge on any atom is -0.489 e. The van der Waals surface area contributed by atoms with Crippen LogP contribution < -0.4 is 10.5 Å². The number of nitrogens with one attached hydrogen (secondary N) is 1. The number of H-pyrrole nitrogens is 1. The third-order valence-electron chi connectivity index (χ3n) is 4.69. The van der Waals surface area contributed by atoms with Crippen LogP contribution in [0.25, 0.3) is 22.5 Å². The highest BCUT2D eigenvalue weighted by atomic mass is 32.1. The van der Waals surface area contributed by atoms with Crippen molar-refractivity contribution in [1.82, 2.24) is 9.97 Å². The third-order valence-corrected chi connectivity index (χ3v) is 4.88. The van der Waals surface area contributed by atoms with E-state index in [4.69, 9.17) is 22.7 Å². The molecule has 0 fully saturated rings. The van der Waals surface area contributed by atoms with Crippen LogP contribution in [-0.4, -0.2) is 9.97 Å². The normalized spacial score (nSPS) is 10.7. The summed E-state index contributed by atoms with van der Waals surface area (Å²) in [5, 5.41) is 0. The second-order valence-corrected chi connectivity index (χ2v) is 7.23. The summed E-state index contributed by atoms with van der Waals surface area (Å²) in [4.78, 5) is 7.59. The van der Waals surface area contributed by atoms with E-state index in [1.807, 2.05) is 78.9 Å². The van der Waals surface area contributed by atoms with Gasteiger partial charge in [-0.3, -0.25) is 0 Å². The Kier molecular flexibility index (Phi) is 5.40. The first-order chi connectivity index (χ1) is 14.1. The Hall–Kier alpha value is -3.44. The number of aromatic amines is 1. The van der Waals surface area contributed by atoms with Crippen molar-refractivity contribution in [2.45, 2.75) is 13.5 Å². The van der Waals surface area contributed by atoms with E-state index in [1.54, 1.807) is 0 Å². The van der Waals surface area contributed by atoms with Crippen LogP contribution in [0.1, 0.15) is 11.1 Å². The van der Waals surface area contributed by atoms with E-state index in [1.165, 1.54) is 5.56 Å². The number of aryl methyl sites for hydroxylation is 1. The van der Waals surface area contributed by atoms with E-state index < -0.39 is 0 Å². The van der Waals surface area contributed by atoms with Crippen molar-refractivity contribution >= 4 is 17.9 Å². The highest BCUT2D eigenvalue weighted by Gasteiger charge is 2.12. The van der Waals surface area contributed by atoms with Gasteiger partial charge in [0.1, 0.15) is 12.4 Å². The molecule has 1 aromatic heterocycles. The van der Waals surface area contributed by atoms with E-state index >= 15 is 0 Å². The molecule has 0 amide bonds. The Morgan fingerprint density at radius 3 is 2.24 bits per heavy atom. The van der Waals surface area contributed by atoms with Gasteiger partial charge in [-0.05, 0) is 49.0 Å². The molecule has 0 saturated carbocycles. The molecule has 0 radical (unpaired) electrons. The van der Waals surface area contributed by atoms with E-state index in [9.17, 15) is 0 Å². The van der Waals surface area contributed by atoms with E-state index in [-0.39, 0.29) is 0 Å². The molecule has 4 aromatic rings. The lowest BCUT2D eigenvalue weighted by Gasteiger charge is -2.12. The summed E-state index contributed by atoms with van der Waals surface area (Å²) >= 11 is 5.35. The zero-order valence-corrected chi connectivity index (χ0v) is 16.9. The van der Waals surface area contributed by atoms with E-state index in [0.717, 1.165) is 28.1 Å². The SMILES string of the molecule is Cc1ccc(-c2[nH]c(=S)nc(-c3ccc(OCc4ccccc4)cc3)c2N)cc1. The summed E-state index contributed by atoms with van der Waals surface area (Å²) in [5.41, 5.74) is 12.7. The summed E-state index contributed by atoms with van der Waals surface area (Å²) in [7, 11) is 0. The van der Waals surface area contributed by atoms with Crippen molar-refractivity contribution in [3.05, 3.63) is 94.8 Å². The molecular formula is C24H21N3OS. The van der Waals surface area contributed by atoms with Crippen molar-refractivity contribution in [2.75, 3.05) is 5.73 Å². The molecule has 3 aromatic carbocycles. The van der Waals surface area contributed by atoms with Crippen molar-refractivity contribution in [2.24, 2.45) is 0 Å². The number of hydrogen-bond donors (Lipinski definition) is 2. The summed E-state index contributed by atoms with van der Waals surface area (Å²) in [6, 6.07) is 26.0. The standard InChI is InChI=1S/C24H21N3OS/c1-16-7-9-18(10-8-16)22-21(25)23(27-24(29)26-22)19-11-13-20(14-12-19)28-15-17-5-3-2-4-6-17/h2-14H,15,25H2,1H3,(H,26,27,29). The predicted molar refractivity (Wildman–Crippen MR) is 120 cm³/mol. The maximum absolute atomic E-state index is 6.46. The summed E-state index contributed by atoms with van der Waals surface area (Å²) in [6.45, 7) is 2.57. The molecule has 3 N–H and O–H groups in total. The fraction of sp³-hybridized carbons (Fsp3) is 0.0833. The van der Waals surface area contributed by atoms with Gasteiger partial charge >= 0.3 is 0 Å². The minimum atomic E-state index is 0.397.